The molecule has 1 aliphatic heterocycles. The zero-order chi connectivity index (χ0) is 21.7. The summed E-state index contributed by atoms with van der Waals surface area (Å²) < 4.78 is 21.5. The van der Waals surface area contributed by atoms with E-state index in [1.54, 1.807) is 0 Å². The van der Waals surface area contributed by atoms with Crippen LogP contribution in [0.2, 0.25) is 0 Å². The van der Waals surface area contributed by atoms with Gasteiger partial charge in [-0.25, -0.2) is 4.79 Å². The van der Waals surface area contributed by atoms with Crippen molar-refractivity contribution in [1.82, 2.24) is 4.98 Å². The lowest BCUT2D eigenvalue weighted by atomic mass is 9.99. The van der Waals surface area contributed by atoms with Gasteiger partial charge in [-0.1, -0.05) is 30.3 Å². The van der Waals surface area contributed by atoms with Gasteiger partial charge in [0.2, 0.25) is 6.29 Å². The number of rotatable bonds is 7. The second kappa shape index (κ2) is 9.83. The van der Waals surface area contributed by atoms with E-state index in [9.17, 15) is 25.2 Å². The van der Waals surface area contributed by atoms with Crippen molar-refractivity contribution in [2.45, 2.75) is 37.3 Å². The topological polar surface area (TPSA) is 148 Å². The number of aromatic nitrogens is 1. The highest BCUT2D eigenvalue weighted by molar-refractivity contribution is 5.93. The van der Waals surface area contributed by atoms with E-state index in [-0.39, 0.29) is 23.7 Å². The van der Waals surface area contributed by atoms with Crippen LogP contribution in [-0.4, -0.2) is 75.8 Å². The smallest absolute Gasteiger partial charge is 0.343 e. The van der Waals surface area contributed by atoms with Gasteiger partial charge in [0.1, 0.15) is 36.6 Å². The molecule has 1 fully saturated rings. The summed E-state index contributed by atoms with van der Waals surface area (Å²) in [5.41, 5.74) is 0.750. The Hall–Kier alpha value is -2.76. The third kappa shape index (κ3) is 4.69. The Bertz CT molecular complexity index is 845. The van der Waals surface area contributed by atoms with Gasteiger partial charge in [0.25, 0.3) is 0 Å². The Kier molecular flexibility index (Phi) is 7.19. The number of aliphatic hydroxyl groups excluding tert-OH is 4. The first-order valence-corrected chi connectivity index (χ1v) is 9.16. The largest absolute Gasteiger partial charge is 0.483 e. The lowest BCUT2D eigenvalue weighted by Gasteiger charge is -2.39. The van der Waals surface area contributed by atoms with Crippen LogP contribution in [0, 0.1) is 0 Å². The third-order valence-corrected chi connectivity index (χ3v) is 4.59. The molecule has 10 nitrogen and oxygen atoms in total. The van der Waals surface area contributed by atoms with Gasteiger partial charge in [-0.15, -0.1) is 0 Å². The Balaban J connectivity index is 1.89. The SMILES string of the molecule is COC(=O)c1cncc(OCc2ccccc2)c1O[C@@H]1O[C@H](CO)[C@@H](O)[C@H](O)[C@H]1O. The van der Waals surface area contributed by atoms with Crippen LogP contribution in [0.4, 0.5) is 0 Å². The molecule has 1 aromatic heterocycles. The van der Waals surface area contributed by atoms with E-state index >= 15 is 0 Å². The van der Waals surface area contributed by atoms with E-state index in [1.807, 2.05) is 30.3 Å². The molecule has 10 heteroatoms. The molecule has 4 N–H and O–H groups in total. The van der Waals surface area contributed by atoms with Crippen LogP contribution in [0.3, 0.4) is 0 Å². The number of hydrogen-bond donors (Lipinski definition) is 4. The molecule has 5 atom stereocenters. The average Bonchev–Trinajstić information content (AvgIpc) is 2.78. The fraction of sp³-hybridized carbons (Fsp3) is 0.400. The lowest BCUT2D eigenvalue weighted by Crippen LogP contribution is -2.60. The zero-order valence-electron chi connectivity index (χ0n) is 16.1. The Morgan fingerprint density at radius 3 is 2.50 bits per heavy atom. The Labute approximate surface area is 172 Å². The number of pyridine rings is 1. The van der Waals surface area contributed by atoms with Crippen molar-refractivity contribution < 1.29 is 44.2 Å². The van der Waals surface area contributed by atoms with E-state index in [0.29, 0.717) is 0 Å². The molecule has 2 aromatic rings. The molecular formula is C20H23NO9. The maximum absolute atomic E-state index is 12.2. The minimum atomic E-state index is -1.66. The summed E-state index contributed by atoms with van der Waals surface area (Å²) >= 11 is 0. The molecule has 0 radical (unpaired) electrons. The predicted octanol–water partition coefficient (Wildman–Crippen LogP) is -0.374. The Morgan fingerprint density at radius 2 is 1.83 bits per heavy atom. The van der Waals surface area contributed by atoms with Crippen LogP contribution >= 0.6 is 0 Å². The molecule has 1 saturated heterocycles. The minimum Gasteiger partial charge on any atom is -0.483 e. The summed E-state index contributed by atoms with van der Waals surface area (Å²) in [7, 11) is 1.18. The highest BCUT2D eigenvalue weighted by Gasteiger charge is 2.45. The molecule has 0 spiro atoms. The number of ether oxygens (including phenoxy) is 4. The highest BCUT2D eigenvalue weighted by atomic mass is 16.7. The number of carbonyl (C=O) groups is 1. The molecule has 0 bridgehead atoms. The average molecular weight is 421 g/mol. The number of benzene rings is 1. The van der Waals surface area contributed by atoms with E-state index in [0.717, 1.165) is 5.56 Å². The molecule has 0 aliphatic carbocycles. The lowest BCUT2D eigenvalue weighted by molar-refractivity contribution is -0.277. The van der Waals surface area contributed by atoms with Crippen molar-refractivity contribution in [1.29, 1.82) is 0 Å². The van der Waals surface area contributed by atoms with Crippen LogP contribution in [0.25, 0.3) is 0 Å². The number of methoxy groups -OCH3 is 1. The molecule has 2 heterocycles. The molecule has 3 rings (SSSR count). The third-order valence-electron chi connectivity index (χ3n) is 4.59. The van der Waals surface area contributed by atoms with Gasteiger partial charge >= 0.3 is 5.97 Å². The number of carbonyl (C=O) groups excluding carboxylic acids is 1. The van der Waals surface area contributed by atoms with Crippen LogP contribution in [0.1, 0.15) is 15.9 Å². The zero-order valence-corrected chi connectivity index (χ0v) is 16.1. The fourth-order valence-electron chi connectivity index (χ4n) is 2.93. The summed E-state index contributed by atoms with van der Waals surface area (Å²) in [6, 6.07) is 9.22. The number of nitrogens with zero attached hydrogens (tertiary/aromatic N) is 1. The minimum absolute atomic E-state index is 0.0683. The van der Waals surface area contributed by atoms with Crippen LogP contribution in [0.15, 0.2) is 42.7 Å². The summed E-state index contributed by atoms with van der Waals surface area (Å²) in [5, 5.41) is 39.5. The van der Waals surface area contributed by atoms with E-state index in [2.05, 4.69) is 4.98 Å². The van der Waals surface area contributed by atoms with Gasteiger partial charge in [-0.3, -0.25) is 4.98 Å². The van der Waals surface area contributed by atoms with Gasteiger partial charge in [0.05, 0.1) is 19.9 Å². The first-order chi connectivity index (χ1) is 14.5. The molecule has 162 valence electrons. The van der Waals surface area contributed by atoms with Gasteiger partial charge in [-0.05, 0) is 5.56 Å². The van der Waals surface area contributed by atoms with E-state index < -0.39 is 43.3 Å². The van der Waals surface area contributed by atoms with Gasteiger partial charge in [0.15, 0.2) is 11.5 Å². The van der Waals surface area contributed by atoms with Crippen molar-refractivity contribution in [2.75, 3.05) is 13.7 Å². The van der Waals surface area contributed by atoms with Gasteiger partial charge < -0.3 is 39.4 Å². The maximum atomic E-state index is 12.2. The second-order valence-electron chi connectivity index (χ2n) is 6.60. The predicted molar refractivity (Wildman–Crippen MR) is 101 cm³/mol. The molecule has 0 unspecified atom stereocenters. The molecule has 1 aromatic carbocycles. The van der Waals surface area contributed by atoms with Crippen molar-refractivity contribution in [3.8, 4) is 11.5 Å². The van der Waals surface area contributed by atoms with E-state index in [4.69, 9.17) is 18.9 Å². The summed E-state index contributed by atoms with van der Waals surface area (Å²) in [6.07, 6.45) is -5.02. The van der Waals surface area contributed by atoms with E-state index in [1.165, 1.54) is 19.5 Å². The summed E-state index contributed by atoms with van der Waals surface area (Å²) in [6.45, 7) is -0.486. The molecule has 0 saturated carbocycles. The van der Waals surface area contributed by atoms with Gasteiger partial charge in [-0.2, -0.15) is 0 Å². The first-order valence-electron chi connectivity index (χ1n) is 9.16. The molecule has 0 amide bonds. The quantitative estimate of drug-likeness (QED) is 0.436. The normalized spacial score (nSPS) is 26.1. The van der Waals surface area contributed by atoms with Crippen molar-refractivity contribution in [2.24, 2.45) is 0 Å². The van der Waals surface area contributed by atoms with Crippen molar-refractivity contribution >= 4 is 5.97 Å². The van der Waals surface area contributed by atoms with Crippen molar-refractivity contribution in [3.63, 3.8) is 0 Å². The second-order valence-corrected chi connectivity index (χ2v) is 6.60. The molecule has 1 aliphatic rings. The molecule has 30 heavy (non-hydrogen) atoms. The van der Waals surface area contributed by atoms with Crippen molar-refractivity contribution in [3.05, 3.63) is 53.9 Å². The monoisotopic (exact) mass is 421 g/mol. The Morgan fingerprint density at radius 1 is 1.10 bits per heavy atom. The number of esters is 1. The highest BCUT2D eigenvalue weighted by Crippen LogP contribution is 2.34. The summed E-state index contributed by atoms with van der Waals surface area (Å²) in [4.78, 5) is 16.1. The van der Waals surface area contributed by atoms with Crippen LogP contribution in [-0.2, 0) is 16.1 Å². The molecular weight excluding hydrogens is 398 g/mol. The van der Waals surface area contributed by atoms with Crippen LogP contribution < -0.4 is 9.47 Å². The number of hydrogen-bond acceptors (Lipinski definition) is 10. The first kappa shape index (κ1) is 21.9. The standard InChI is InChI=1S/C20H23NO9/c1-27-19(26)12-7-21-8-13(28-10-11-5-3-2-4-6-11)18(12)30-20-17(25)16(24)15(23)14(9-22)29-20/h2-8,14-17,20,22-25H,9-10H2,1H3/t14-,15-,16+,17-,20+/m1/s1. The van der Waals surface area contributed by atoms with Crippen LogP contribution in [0.5, 0.6) is 11.5 Å². The summed E-state index contributed by atoms with van der Waals surface area (Å²) in [5.74, 6) is -0.830. The maximum Gasteiger partial charge on any atom is 0.343 e. The van der Waals surface area contributed by atoms with Gasteiger partial charge in [0, 0.05) is 6.20 Å². The fourth-order valence-corrected chi connectivity index (χ4v) is 2.93. The number of aliphatic hydroxyl groups is 4.